The molecule has 1 unspecified atom stereocenters. The van der Waals surface area contributed by atoms with Crippen LogP contribution in [0.15, 0.2) is 17.2 Å². The van der Waals surface area contributed by atoms with E-state index >= 15 is 0 Å². The Balaban J connectivity index is 2.68. The lowest BCUT2D eigenvalue weighted by Gasteiger charge is -2.12. The molecule has 0 aliphatic heterocycles. The predicted octanol–water partition coefficient (Wildman–Crippen LogP) is 1.23. The lowest BCUT2D eigenvalue weighted by molar-refractivity contribution is 0.0799. The summed E-state index contributed by atoms with van der Waals surface area (Å²) in [5.41, 5.74) is 0.946. The summed E-state index contributed by atoms with van der Waals surface area (Å²) in [7, 11) is -1.63. The highest BCUT2D eigenvalue weighted by Crippen LogP contribution is 2.13. The van der Waals surface area contributed by atoms with Crippen LogP contribution in [-0.4, -0.2) is 38.8 Å². The van der Waals surface area contributed by atoms with Crippen molar-refractivity contribution in [1.29, 1.82) is 0 Å². The van der Waals surface area contributed by atoms with Crippen molar-refractivity contribution >= 4 is 10.0 Å². The third-order valence-electron chi connectivity index (χ3n) is 3.14. The molecular formula is C14H27N3O3S. The molecule has 2 N–H and O–H groups in total. The van der Waals surface area contributed by atoms with Crippen molar-refractivity contribution in [2.45, 2.75) is 44.7 Å². The smallest absolute Gasteiger partial charge is 0.242 e. The fraction of sp³-hybridized carbons (Fsp3) is 0.714. The molecule has 0 saturated heterocycles. The molecule has 0 aliphatic rings. The van der Waals surface area contributed by atoms with Gasteiger partial charge in [0.25, 0.3) is 0 Å². The summed E-state index contributed by atoms with van der Waals surface area (Å²) in [4.78, 5) is 0.294. The Bertz CT molecular complexity index is 526. The van der Waals surface area contributed by atoms with E-state index in [1.807, 2.05) is 25.5 Å². The average Bonchev–Trinajstić information content (AvgIpc) is 2.80. The minimum atomic E-state index is -3.48. The third-order valence-corrected chi connectivity index (χ3v) is 4.53. The quantitative estimate of drug-likeness (QED) is 0.637. The van der Waals surface area contributed by atoms with Crippen LogP contribution in [0, 0.1) is 0 Å². The zero-order valence-electron chi connectivity index (χ0n) is 13.3. The Labute approximate surface area is 127 Å². The summed E-state index contributed by atoms with van der Waals surface area (Å²) >= 11 is 0. The highest BCUT2D eigenvalue weighted by molar-refractivity contribution is 7.89. The Hall–Kier alpha value is -0.890. The molecular weight excluding hydrogens is 290 g/mol. The summed E-state index contributed by atoms with van der Waals surface area (Å²) in [6.07, 6.45) is 2.54. The van der Waals surface area contributed by atoms with Crippen LogP contribution >= 0.6 is 0 Å². The number of nitrogens with one attached hydrogen (secondary N) is 2. The fourth-order valence-electron chi connectivity index (χ4n) is 1.95. The molecule has 1 atom stereocenters. The number of ether oxygens (including phenoxy) is 1. The second kappa shape index (κ2) is 8.53. The molecule has 0 aromatic carbocycles. The Kier molecular flexibility index (Phi) is 7.37. The van der Waals surface area contributed by atoms with Crippen LogP contribution in [0.4, 0.5) is 0 Å². The number of hydrogen-bond donors (Lipinski definition) is 2. The highest BCUT2D eigenvalue weighted by Gasteiger charge is 2.18. The van der Waals surface area contributed by atoms with Gasteiger partial charge < -0.3 is 14.6 Å². The first-order valence-corrected chi connectivity index (χ1v) is 8.86. The summed E-state index contributed by atoms with van der Waals surface area (Å²) < 4.78 is 34.2. The van der Waals surface area contributed by atoms with Gasteiger partial charge >= 0.3 is 0 Å². The Morgan fingerprint density at radius 3 is 2.71 bits per heavy atom. The molecule has 1 rings (SSSR count). The van der Waals surface area contributed by atoms with Gasteiger partial charge in [-0.1, -0.05) is 6.92 Å². The lowest BCUT2D eigenvalue weighted by Crippen LogP contribution is -2.32. The van der Waals surface area contributed by atoms with Crippen LogP contribution < -0.4 is 10.0 Å². The summed E-state index contributed by atoms with van der Waals surface area (Å²) in [6, 6.07) is 1.70. The number of rotatable bonds is 10. The maximum absolute atomic E-state index is 12.2. The Morgan fingerprint density at radius 1 is 1.38 bits per heavy atom. The molecule has 0 saturated carbocycles. The molecule has 21 heavy (non-hydrogen) atoms. The molecule has 1 aromatic rings. The van der Waals surface area contributed by atoms with Crippen LogP contribution in [0.1, 0.15) is 32.9 Å². The molecule has 1 heterocycles. The minimum absolute atomic E-state index is 0.140. The van der Waals surface area contributed by atoms with Gasteiger partial charge in [-0.05, 0) is 32.9 Å². The topological polar surface area (TPSA) is 72.4 Å². The standard InChI is InChI=1S/C14H27N3O3S/c1-5-7-15-10-13-8-14(11-17(13)4)21(18,19)16-9-12(3)20-6-2/h8,11-12,15-16H,5-7,9-10H2,1-4H3. The van der Waals surface area contributed by atoms with Crippen molar-refractivity contribution in [2.24, 2.45) is 7.05 Å². The van der Waals surface area contributed by atoms with Crippen molar-refractivity contribution in [2.75, 3.05) is 19.7 Å². The molecule has 0 spiro atoms. The first-order chi connectivity index (χ1) is 9.90. The molecule has 7 heteroatoms. The van der Waals surface area contributed by atoms with E-state index in [1.165, 1.54) is 0 Å². The van der Waals surface area contributed by atoms with Crippen molar-refractivity contribution in [1.82, 2.24) is 14.6 Å². The maximum atomic E-state index is 12.2. The van der Waals surface area contributed by atoms with Crippen LogP contribution in [0.25, 0.3) is 0 Å². The molecule has 0 amide bonds. The number of aromatic nitrogens is 1. The monoisotopic (exact) mass is 317 g/mol. The van der Waals surface area contributed by atoms with Gasteiger partial charge in [0.15, 0.2) is 0 Å². The van der Waals surface area contributed by atoms with Crippen LogP contribution in [-0.2, 0) is 28.4 Å². The number of sulfonamides is 1. The predicted molar refractivity (Wildman–Crippen MR) is 83.7 cm³/mol. The lowest BCUT2D eigenvalue weighted by atomic mass is 10.4. The summed E-state index contributed by atoms with van der Waals surface area (Å²) in [5.74, 6) is 0. The van der Waals surface area contributed by atoms with Gasteiger partial charge in [0, 0.05) is 38.6 Å². The second-order valence-corrected chi connectivity index (χ2v) is 6.84. The summed E-state index contributed by atoms with van der Waals surface area (Å²) in [6.45, 7) is 8.24. The van der Waals surface area contributed by atoms with E-state index in [0.29, 0.717) is 18.0 Å². The molecule has 122 valence electrons. The van der Waals surface area contributed by atoms with E-state index in [2.05, 4.69) is 17.0 Å². The minimum Gasteiger partial charge on any atom is -0.377 e. The van der Waals surface area contributed by atoms with Gasteiger partial charge in [0.05, 0.1) is 11.0 Å². The zero-order chi connectivity index (χ0) is 15.9. The SMILES string of the molecule is CCCNCc1cc(S(=O)(=O)NCC(C)OCC)cn1C. The molecule has 0 fully saturated rings. The van der Waals surface area contributed by atoms with E-state index in [0.717, 1.165) is 18.7 Å². The van der Waals surface area contributed by atoms with Gasteiger partial charge in [-0.2, -0.15) is 0 Å². The van der Waals surface area contributed by atoms with E-state index in [1.54, 1.807) is 12.3 Å². The van der Waals surface area contributed by atoms with Crippen LogP contribution in [0.5, 0.6) is 0 Å². The first kappa shape index (κ1) is 18.2. The van der Waals surface area contributed by atoms with E-state index in [-0.39, 0.29) is 12.6 Å². The second-order valence-electron chi connectivity index (χ2n) is 5.07. The number of aryl methyl sites for hydroxylation is 1. The van der Waals surface area contributed by atoms with Gasteiger partial charge in [-0.15, -0.1) is 0 Å². The number of hydrogen-bond acceptors (Lipinski definition) is 4. The molecule has 0 radical (unpaired) electrons. The van der Waals surface area contributed by atoms with E-state index < -0.39 is 10.0 Å². The van der Waals surface area contributed by atoms with Crippen molar-refractivity contribution < 1.29 is 13.2 Å². The molecule has 6 nitrogen and oxygen atoms in total. The fourth-order valence-corrected chi connectivity index (χ4v) is 3.16. The highest BCUT2D eigenvalue weighted by atomic mass is 32.2. The summed E-state index contributed by atoms with van der Waals surface area (Å²) in [5, 5.41) is 3.27. The molecule has 1 aromatic heterocycles. The van der Waals surface area contributed by atoms with Gasteiger partial charge in [-0.3, -0.25) is 0 Å². The molecule has 0 bridgehead atoms. The van der Waals surface area contributed by atoms with Crippen molar-refractivity contribution in [3.05, 3.63) is 18.0 Å². The van der Waals surface area contributed by atoms with Crippen LogP contribution in [0.2, 0.25) is 0 Å². The Morgan fingerprint density at radius 2 is 2.10 bits per heavy atom. The normalized spacial score (nSPS) is 13.5. The zero-order valence-corrected chi connectivity index (χ0v) is 14.2. The number of nitrogens with zero attached hydrogens (tertiary/aromatic N) is 1. The maximum Gasteiger partial charge on any atom is 0.242 e. The average molecular weight is 317 g/mol. The van der Waals surface area contributed by atoms with Crippen molar-refractivity contribution in [3.8, 4) is 0 Å². The van der Waals surface area contributed by atoms with Gasteiger partial charge in [0.1, 0.15) is 0 Å². The van der Waals surface area contributed by atoms with Gasteiger partial charge in [0.2, 0.25) is 10.0 Å². The third kappa shape index (κ3) is 5.78. The molecule has 0 aliphatic carbocycles. The van der Waals surface area contributed by atoms with Gasteiger partial charge in [-0.25, -0.2) is 13.1 Å². The van der Waals surface area contributed by atoms with E-state index in [4.69, 9.17) is 4.74 Å². The largest absolute Gasteiger partial charge is 0.377 e. The van der Waals surface area contributed by atoms with Crippen LogP contribution in [0.3, 0.4) is 0 Å². The first-order valence-electron chi connectivity index (χ1n) is 7.38. The van der Waals surface area contributed by atoms with E-state index in [9.17, 15) is 8.42 Å². The van der Waals surface area contributed by atoms with Crippen molar-refractivity contribution in [3.63, 3.8) is 0 Å².